The lowest BCUT2D eigenvalue weighted by Gasteiger charge is -2.21. The average molecular weight is 250 g/mol. The van der Waals surface area contributed by atoms with Crippen molar-refractivity contribution in [3.05, 3.63) is 11.4 Å². The Morgan fingerprint density at radius 2 is 2.28 bits per heavy atom. The fourth-order valence-electron chi connectivity index (χ4n) is 3.01. The number of likely N-dealkylation sites (tertiary alicyclic amines) is 1. The van der Waals surface area contributed by atoms with Gasteiger partial charge in [0, 0.05) is 13.0 Å². The Bertz CT molecular complexity index is 471. The lowest BCUT2D eigenvalue weighted by molar-refractivity contribution is -0.142. The number of fused-ring (bicyclic) bond motifs is 1. The molecule has 1 aliphatic heterocycles. The monoisotopic (exact) mass is 250 g/mol. The van der Waals surface area contributed by atoms with Crippen LogP contribution in [0.25, 0.3) is 0 Å². The van der Waals surface area contributed by atoms with Crippen molar-refractivity contribution >= 4 is 5.97 Å². The third-order valence-corrected chi connectivity index (χ3v) is 4.10. The van der Waals surface area contributed by atoms with E-state index in [0.29, 0.717) is 18.9 Å². The summed E-state index contributed by atoms with van der Waals surface area (Å²) in [6.45, 7) is 2.05. The number of carboxylic acid groups (broad SMARTS) is 1. The van der Waals surface area contributed by atoms with E-state index in [-0.39, 0.29) is 5.92 Å². The minimum atomic E-state index is -0.697. The van der Waals surface area contributed by atoms with Gasteiger partial charge < -0.3 is 10.0 Å². The number of likely N-dealkylation sites (N-methyl/N-ethyl adjacent to an activating group) is 1. The highest BCUT2D eigenvalue weighted by atomic mass is 16.4. The second-order valence-electron chi connectivity index (χ2n) is 5.41. The van der Waals surface area contributed by atoms with E-state index >= 15 is 0 Å². The van der Waals surface area contributed by atoms with Gasteiger partial charge in [0.15, 0.2) is 0 Å². The fourth-order valence-corrected chi connectivity index (χ4v) is 3.01. The molecule has 0 amide bonds. The molecule has 0 bridgehead atoms. The Kier molecular flexibility index (Phi) is 2.81. The molecule has 2 atom stereocenters. The zero-order chi connectivity index (χ0) is 12.7. The number of carboxylic acids is 1. The second-order valence-corrected chi connectivity index (χ2v) is 5.41. The van der Waals surface area contributed by atoms with E-state index in [1.54, 1.807) is 0 Å². The van der Waals surface area contributed by atoms with E-state index in [0.717, 1.165) is 37.3 Å². The molecule has 0 radical (unpaired) electrons. The Labute approximate surface area is 106 Å². The first-order valence-electron chi connectivity index (χ1n) is 6.49. The van der Waals surface area contributed by atoms with Crippen LogP contribution < -0.4 is 0 Å². The first-order valence-corrected chi connectivity index (χ1v) is 6.49. The van der Waals surface area contributed by atoms with E-state index in [1.807, 2.05) is 4.68 Å². The SMILES string of the molecule is CN1CC[C@@H](n2nnc3c2C[C@H](C(=O)O)CC3)C1. The second kappa shape index (κ2) is 4.35. The maximum atomic E-state index is 11.1. The molecule has 1 N–H and O–H groups in total. The molecule has 98 valence electrons. The minimum absolute atomic E-state index is 0.270. The normalized spacial score (nSPS) is 28.3. The number of hydrogen-bond donors (Lipinski definition) is 1. The van der Waals surface area contributed by atoms with Gasteiger partial charge >= 0.3 is 5.97 Å². The standard InChI is InChI=1S/C12H18N4O2/c1-15-5-4-9(7-15)16-11-6-8(12(17)18)2-3-10(11)13-14-16/h8-9H,2-7H2,1H3,(H,17,18)/t8-,9-/m1/s1. The van der Waals surface area contributed by atoms with Crippen LogP contribution in [0.2, 0.25) is 0 Å². The maximum absolute atomic E-state index is 11.1. The fraction of sp³-hybridized carbons (Fsp3) is 0.750. The lowest BCUT2D eigenvalue weighted by Crippen LogP contribution is -2.26. The van der Waals surface area contributed by atoms with Gasteiger partial charge in [-0.25, -0.2) is 4.68 Å². The molecule has 1 saturated heterocycles. The van der Waals surface area contributed by atoms with Crippen LogP contribution in [0, 0.1) is 5.92 Å². The predicted octanol–water partition coefficient (Wildman–Crippen LogP) is 0.344. The topological polar surface area (TPSA) is 71.2 Å². The van der Waals surface area contributed by atoms with Gasteiger partial charge in [0.25, 0.3) is 0 Å². The Morgan fingerprint density at radius 1 is 1.44 bits per heavy atom. The molecule has 0 spiro atoms. The van der Waals surface area contributed by atoms with Crippen molar-refractivity contribution in [1.82, 2.24) is 19.9 Å². The summed E-state index contributed by atoms with van der Waals surface area (Å²) in [5, 5.41) is 17.6. The molecule has 1 aliphatic carbocycles. The van der Waals surface area contributed by atoms with E-state index in [2.05, 4.69) is 22.3 Å². The molecule has 0 aromatic carbocycles. The molecule has 18 heavy (non-hydrogen) atoms. The molecular formula is C12H18N4O2. The van der Waals surface area contributed by atoms with Crippen molar-refractivity contribution < 1.29 is 9.90 Å². The van der Waals surface area contributed by atoms with Crippen LogP contribution in [0.4, 0.5) is 0 Å². The van der Waals surface area contributed by atoms with E-state index in [1.165, 1.54) is 0 Å². The molecule has 3 rings (SSSR count). The summed E-state index contributed by atoms with van der Waals surface area (Å²) < 4.78 is 1.98. The molecule has 0 saturated carbocycles. The van der Waals surface area contributed by atoms with E-state index in [9.17, 15) is 4.79 Å². The number of aliphatic carboxylic acids is 1. The van der Waals surface area contributed by atoms with Crippen molar-refractivity contribution in [2.24, 2.45) is 5.92 Å². The van der Waals surface area contributed by atoms with Gasteiger partial charge in [-0.05, 0) is 32.9 Å². The zero-order valence-corrected chi connectivity index (χ0v) is 10.5. The molecule has 1 aromatic heterocycles. The van der Waals surface area contributed by atoms with Gasteiger partial charge in [-0.1, -0.05) is 5.21 Å². The molecule has 0 unspecified atom stereocenters. The summed E-state index contributed by atoms with van der Waals surface area (Å²) in [7, 11) is 2.10. The highest BCUT2D eigenvalue weighted by Gasteiger charge is 2.32. The molecule has 2 aliphatic rings. The quantitative estimate of drug-likeness (QED) is 0.819. The van der Waals surface area contributed by atoms with Gasteiger partial charge in [-0.2, -0.15) is 0 Å². The van der Waals surface area contributed by atoms with Gasteiger partial charge in [0.2, 0.25) is 0 Å². The van der Waals surface area contributed by atoms with Crippen molar-refractivity contribution in [1.29, 1.82) is 0 Å². The first kappa shape index (κ1) is 11.6. The smallest absolute Gasteiger partial charge is 0.306 e. The van der Waals surface area contributed by atoms with Crippen LogP contribution in [0.3, 0.4) is 0 Å². The van der Waals surface area contributed by atoms with Gasteiger partial charge in [0.1, 0.15) is 0 Å². The van der Waals surface area contributed by atoms with E-state index in [4.69, 9.17) is 5.11 Å². The highest BCUT2D eigenvalue weighted by Crippen LogP contribution is 2.28. The van der Waals surface area contributed by atoms with Crippen molar-refractivity contribution in [2.45, 2.75) is 31.7 Å². The van der Waals surface area contributed by atoms with Crippen LogP contribution in [0.5, 0.6) is 0 Å². The average Bonchev–Trinajstić information content (AvgIpc) is 2.93. The molecule has 6 heteroatoms. The third kappa shape index (κ3) is 1.90. The van der Waals surface area contributed by atoms with Crippen LogP contribution >= 0.6 is 0 Å². The zero-order valence-electron chi connectivity index (χ0n) is 10.5. The van der Waals surface area contributed by atoms with Gasteiger partial charge in [-0.15, -0.1) is 5.10 Å². The molecule has 2 heterocycles. The molecule has 1 aromatic rings. The third-order valence-electron chi connectivity index (χ3n) is 4.10. The summed E-state index contributed by atoms with van der Waals surface area (Å²) in [4.78, 5) is 13.4. The molecular weight excluding hydrogens is 232 g/mol. The first-order chi connectivity index (χ1) is 8.65. The highest BCUT2D eigenvalue weighted by molar-refractivity contribution is 5.70. The Balaban J connectivity index is 1.85. The minimum Gasteiger partial charge on any atom is -0.481 e. The number of carbonyl (C=O) groups is 1. The molecule has 6 nitrogen and oxygen atoms in total. The summed E-state index contributed by atoms with van der Waals surface area (Å²) in [6, 6.07) is 0.360. The number of hydrogen-bond acceptors (Lipinski definition) is 4. The van der Waals surface area contributed by atoms with Crippen LogP contribution in [-0.2, 0) is 17.6 Å². The van der Waals surface area contributed by atoms with Gasteiger partial charge in [-0.3, -0.25) is 4.79 Å². The van der Waals surface area contributed by atoms with Gasteiger partial charge in [0.05, 0.1) is 23.3 Å². The number of rotatable bonds is 2. The summed E-state index contributed by atoms with van der Waals surface area (Å²) >= 11 is 0. The summed E-state index contributed by atoms with van der Waals surface area (Å²) in [6.07, 6.45) is 3.09. The largest absolute Gasteiger partial charge is 0.481 e. The summed E-state index contributed by atoms with van der Waals surface area (Å²) in [5.74, 6) is -0.967. The van der Waals surface area contributed by atoms with Crippen molar-refractivity contribution in [3.8, 4) is 0 Å². The Hall–Kier alpha value is -1.43. The predicted molar refractivity (Wildman–Crippen MR) is 64.3 cm³/mol. The van der Waals surface area contributed by atoms with Crippen LogP contribution in [-0.4, -0.2) is 51.1 Å². The van der Waals surface area contributed by atoms with Crippen LogP contribution in [0.15, 0.2) is 0 Å². The van der Waals surface area contributed by atoms with Crippen molar-refractivity contribution in [3.63, 3.8) is 0 Å². The number of nitrogens with zero attached hydrogens (tertiary/aromatic N) is 4. The summed E-state index contributed by atoms with van der Waals surface area (Å²) in [5.41, 5.74) is 2.05. The number of aryl methyl sites for hydroxylation is 1. The van der Waals surface area contributed by atoms with Crippen LogP contribution in [0.1, 0.15) is 30.3 Å². The Morgan fingerprint density at radius 3 is 2.94 bits per heavy atom. The molecule has 1 fully saturated rings. The lowest BCUT2D eigenvalue weighted by atomic mass is 9.89. The van der Waals surface area contributed by atoms with Crippen molar-refractivity contribution in [2.75, 3.05) is 20.1 Å². The maximum Gasteiger partial charge on any atom is 0.306 e. The number of aromatic nitrogens is 3. The van der Waals surface area contributed by atoms with E-state index < -0.39 is 5.97 Å².